The number of fused-ring (bicyclic) bond motifs is 1. The van der Waals surface area contributed by atoms with Gasteiger partial charge < -0.3 is 5.73 Å². The van der Waals surface area contributed by atoms with Crippen LogP contribution >= 0.6 is 0 Å². The number of nitrogens with two attached hydrogens (primary N) is 1. The molecule has 1 atom stereocenters. The fourth-order valence-electron chi connectivity index (χ4n) is 3.39. The topological polar surface area (TPSA) is 67.6 Å². The van der Waals surface area contributed by atoms with Crippen LogP contribution in [0.25, 0.3) is 0 Å². The molecule has 2 N–H and O–H groups in total. The highest BCUT2D eigenvalue weighted by Gasteiger charge is 2.26. The molecule has 0 saturated heterocycles. The lowest BCUT2D eigenvalue weighted by molar-refractivity contribution is 0.531. The molecule has 2 aromatic rings. The number of aryl methyl sites for hydroxylation is 1. The van der Waals surface area contributed by atoms with Crippen LogP contribution in [0.2, 0.25) is 0 Å². The van der Waals surface area contributed by atoms with Crippen LogP contribution < -0.4 is 5.73 Å². The van der Waals surface area contributed by atoms with Crippen molar-refractivity contribution >= 4 is 0 Å². The molecule has 0 aliphatic heterocycles. The maximum absolute atomic E-state index is 9.22. The van der Waals surface area contributed by atoms with Gasteiger partial charge in [-0.05, 0) is 50.3 Å². The molecular formula is C17H20N4. The van der Waals surface area contributed by atoms with Gasteiger partial charge in [-0.3, -0.25) is 4.68 Å². The van der Waals surface area contributed by atoms with Crippen LogP contribution in [0.5, 0.6) is 0 Å². The van der Waals surface area contributed by atoms with E-state index in [4.69, 9.17) is 10.8 Å². The van der Waals surface area contributed by atoms with E-state index in [0.29, 0.717) is 19.0 Å². The third-order valence-electron chi connectivity index (χ3n) is 4.40. The highest BCUT2D eigenvalue weighted by Crippen LogP contribution is 2.33. The van der Waals surface area contributed by atoms with Gasteiger partial charge in [-0.25, -0.2) is 0 Å². The number of nitriles is 1. The molecule has 0 bridgehead atoms. The van der Waals surface area contributed by atoms with E-state index in [2.05, 4.69) is 17.7 Å². The van der Waals surface area contributed by atoms with Crippen molar-refractivity contribution < 1.29 is 0 Å². The van der Waals surface area contributed by atoms with Gasteiger partial charge in [0.05, 0.1) is 23.9 Å². The van der Waals surface area contributed by atoms with Gasteiger partial charge in [0, 0.05) is 11.3 Å². The lowest BCUT2D eigenvalue weighted by Gasteiger charge is -2.22. The van der Waals surface area contributed by atoms with Gasteiger partial charge in [0.2, 0.25) is 0 Å². The van der Waals surface area contributed by atoms with Crippen LogP contribution in [-0.2, 0) is 13.0 Å². The predicted molar refractivity (Wildman–Crippen MR) is 82.0 cm³/mol. The lowest BCUT2D eigenvalue weighted by Crippen LogP contribution is -2.19. The van der Waals surface area contributed by atoms with Gasteiger partial charge in [0.25, 0.3) is 0 Å². The zero-order chi connectivity index (χ0) is 14.8. The largest absolute Gasteiger partial charge is 0.330 e. The standard InChI is InChI=1S/C17H20N4/c1-12-17-14(10-19)7-4-8-16(17)21(20-12)11-15-6-3-2-5-13(15)9-18/h2-3,5-6,14H,4,7-8,10-11,19H2,1H3. The molecule has 0 amide bonds. The van der Waals surface area contributed by atoms with Crippen LogP contribution in [0.4, 0.5) is 0 Å². The van der Waals surface area contributed by atoms with Gasteiger partial charge in [-0.1, -0.05) is 18.2 Å². The highest BCUT2D eigenvalue weighted by molar-refractivity contribution is 5.39. The fraction of sp³-hybridized carbons (Fsp3) is 0.412. The Balaban J connectivity index is 1.99. The molecule has 0 radical (unpaired) electrons. The fourth-order valence-corrected chi connectivity index (χ4v) is 3.39. The Bertz CT molecular complexity index is 693. The maximum Gasteiger partial charge on any atom is 0.0995 e. The van der Waals surface area contributed by atoms with Crippen molar-refractivity contribution in [3.63, 3.8) is 0 Å². The molecule has 1 aromatic heterocycles. The summed E-state index contributed by atoms with van der Waals surface area (Å²) in [5.74, 6) is 0.439. The summed E-state index contributed by atoms with van der Waals surface area (Å²) in [6.45, 7) is 3.42. The van der Waals surface area contributed by atoms with Crippen molar-refractivity contribution in [1.82, 2.24) is 9.78 Å². The molecule has 0 spiro atoms. The molecule has 0 fully saturated rings. The Kier molecular flexibility index (Phi) is 3.76. The van der Waals surface area contributed by atoms with Crippen molar-refractivity contribution in [2.75, 3.05) is 6.54 Å². The van der Waals surface area contributed by atoms with E-state index < -0.39 is 0 Å². The molecule has 0 saturated carbocycles. The van der Waals surface area contributed by atoms with Gasteiger partial charge in [-0.2, -0.15) is 10.4 Å². The molecule has 1 aliphatic carbocycles. The Hall–Kier alpha value is -2.12. The SMILES string of the molecule is Cc1nn(Cc2ccccc2C#N)c2c1C(CN)CCC2. The van der Waals surface area contributed by atoms with Crippen LogP contribution in [0.3, 0.4) is 0 Å². The van der Waals surface area contributed by atoms with E-state index in [1.165, 1.54) is 17.7 Å². The van der Waals surface area contributed by atoms with Crippen LogP contribution in [0, 0.1) is 18.3 Å². The zero-order valence-corrected chi connectivity index (χ0v) is 12.3. The van der Waals surface area contributed by atoms with Gasteiger partial charge in [0.15, 0.2) is 0 Å². The van der Waals surface area contributed by atoms with Gasteiger partial charge in [-0.15, -0.1) is 0 Å². The minimum atomic E-state index is 0.439. The molecule has 1 aliphatic rings. The zero-order valence-electron chi connectivity index (χ0n) is 12.3. The second kappa shape index (κ2) is 5.71. The summed E-state index contributed by atoms with van der Waals surface area (Å²) in [5.41, 5.74) is 11.4. The highest BCUT2D eigenvalue weighted by atomic mass is 15.3. The Morgan fingerprint density at radius 2 is 2.24 bits per heavy atom. The summed E-state index contributed by atoms with van der Waals surface area (Å²) >= 11 is 0. The quantitative estimate of drug-likeness (QED) is 0.939. The number of benzene rings is 1. The Morgan fingerprint density at radius 3 is 3.00 bits per heavy atom. The number of rotatable bonds is 3. The summed E-state index contributed by atoms with van der Waals surface area (Å²) in [7, 11) is 0. The monoisotopic (exact) mass is 280 g/mol. The van der Waals surface area contributed by atoms with E-state index in [0.717, 1.165) is 29.7 Å². The van der Waals surface area contributed by atoms with E-state index in [1.54, 1.807) is 0 Å². The summed E-state index contributed by atoms with van der Waals surface area (Å²) in [6, 6.07) is 10.0. The van der Waals surface area contributed by atoms with Crippen molar-refractivity contribution in [3.8, 4) is 6.07 Å². The average molecular weight is 280 g/mol. The van der Waals surface area contributed by atoms with Crippen LogP contribution in [0.1, 0.15) is 46.8 Å². The first-order valence-electron chi connectivity index (χ1n) is 7.48. The van der Waals surface area contributed by atoms with E-state index in [1.807, 2.05) is 24.3 Å². The third kappa shape index (κ3) is 2.45. The predicted octanol–water partition coefficient (Wildman–Crippen LogP) is 2.49. The number of aromatic nitrogens is 2. The molecule has 21 heavy (non-hydrogen) atoms. The molecule has 4 nitrogen and oxygen atoms in total. The molecule has 1 heterocycles. The number of nitrogens with zero attached hydrogens (tertiary/aromatic N) is 3. The van der Waals surface area contributed by atoms with E-state index >= 15 is 0 Å². The Labute approximate surface area is 125 Å². The lowest BCUT2D eigenvalue weighted by atomic mass is 9.85. The minimum Gasteiger partial charge on any atom is -0.330 e. The van der Waals surface area contributed by atoms with Gasteiger partial charge in [0.1, 0.15) is 0 Å². The summed E-state index contributed by atoms with van der Waals surface area (Å²) < 4.78 is 2.07. The van der Waals surface area contributed by atoms with E-state index in [9.17, 15) is 5.26 Å². The van der Waals surface area contributed by atoms with Crippen molar-refractivity contribution in [2.45, 2.75) is 38.6 Å². The molecule has 1 unspecified atom stereocenters. The Morgan fingerprint density at radius 1 is 1.43 bits per heavy atom. The van der Waals surface area contributed by atoms with Crippen molar-refractivity contribution in [2.24, 2.45) is 5.73 Å². The maximum atomic E-state index is 9.22. The van der Waals surface area contributed by atoms with E-state index in [-0.39, 0.29) is 0 Å². The first-order valence-corrected chi connectivity index (χ1v) is 7.48. The van der Waals surface area contributed by atoms with Gasteiger partial charge >= 0.3 is 0 Å². The number of hydrogen-bond donors (Lipinski definition) is 1. The second-order valence-electron chi connectivity index (χ2n) is 5.70. The normalized spacial score (nSPS) is 17.3. The summed E-state index contributed by atoms with van der Waals surface area (Å²) in [4.78, 5) is 0. The molecule has 3 rings (SSSR count). The average Bonchev–Trinajstić information content (AvgIpc) is 2.84. The molecular weight excluding hydrogens is 260 g/mol. The first-order chi connectivity index (χ1) is 10.2. The number of hydrogen-bond acceptors (Lipinski definition) is 3. The third-order valence-corrected chi connectivity index (χ3v) is 4.40. The molecule has 1 aromatic carbocycles. The smallest absolute Gasteiger partial charge is 0.0995 e. The summed E-state index contributed by atoms with van der Waals surface area (Å²) in [5, 5.41) is 13.9. The van der Waals surface area contributed by atoms with Crippen molar-refractivity contribution in [1.29, 1.82) is 5.26 Å². The van der Waals surface area contributed by atoms with Crippen LogP contribution in [0.15, 0.2) is 24.3 Å². The second-order valence-corrected chi connectivity index (χ2v) is 5.70. The van der Waals surface area contributed by atoms with Crippen LogP contribution in [-0.4, -0.2) is 16.3 Å². The minimum absolute atomic E-state index is 0.439. The summed E-state index contributed by atoms with van der Waals surface area (Å²) in [6.07, 6.45) is 3.38. The first kappa shape index (κ1) is 13.8. The van der Waals surface area contributed by atoms with Crippen molar-refractivity contribution in [3.05, 3.63) is 52.3 Å². The molecule has 4 heteroatoms. The molecule has 108 valence electrons.